The number of carbonyl (C=O) groups is 1. The van der Waals surface area contributed by atoms with E-state index < -0.39 is 5.97 Å². The highest BCUT2D eigenvalue weighted by atomic mass is 16.5. The molecule has 0 fully saturated rings. The van der Waals surface area contributed by atoms with Crippen LogP contribution in [0.4, 0.5) is 0 Å². The van der Waals surface area contributed by atoms with Gasteiger partial charge in [0.1, 0.15) is 12.4 Å². The molecule has 0 atom stereocenters. The van der Waals surface area contributed by atoms with E-state index in [0.717, 1.165) is 18.7 Å². The Morgan fingerprint density at radius 1 is 1.17 bits per heavy atom. The van der Waals surface area contributed by atoms with Crippen LogP contribution in [0.5, 0.6) is 5.75 Å². The first-order valence-electron chi connectivity index (χ1n) is 7.71. The maximum atomic E-state index is 11.3. The van der Waals surface area contributed by atoms with E-state index in [-0.39, 0.29) is 5.69 Å². The van der Waals surface area contributed by atoms with E-state index in [9.17, 15) is 9.90 Å². The van der Waals surface area contributed by atoms with Crippen molar-refractivity contribution in [2.75, 3.05) is 40.5 Å². The van der Waals surface area contributed by atoms with Crippen molar-refractivity contribution in [3.8, 4) is 17.0 Å². The SMILES string of the molecule is COCCN(C)CCOc1cc(C(=O)O)nc(-c2ccccc2)c1. The number of carboxylic acid groups (broad SMARTS) is 1. The van der Waals surface area contributed by atoms with Crippen LogP contribution < -0.4 is 4.74 Å². The van der Waals surface area contributed by atoms with Gasteiger partial charge in [0.25, 0.3) is 0 Å². The fourth-order valence-electron chi connectivity index (χ4n) is 2.13. The van der Waals surface area contributed by atoms with Crippen LogP contribution in [0.25, 0.3) is 11.3 Å². The van der Waals surface area contributed by atoms with Gasteiger partial charge in [-0.1, -0.05) is 30.3 Å². The molecule has 0 radical (unpaired) electrons. The van der Waals surface area contributed by atoms with E-state index in [4.69, 9.17) is 9.47 Å². The molecule has 1 aromatic heterocycles. The van der Waals surface area contributed by atoms with E-state index in [1.165, 1.54) is 6.07 Å². The zero-order valence-corrected chi connectivity index (χ0v) is 13.9. The van der Waals surface area contributed by atoms with Gasteiger partial charge in [-0.2, -0.15) is 0 Å². The van der Waals surface area contributed by atoms with E-state index in [1.54, 1.807) is 13.2 Å². The number of hydrogen-bond acceptors (Lipinski definition) is 5. The molecule has 0 saturated heterocycles. The molecule has 128 valence electrons. The van der Waals surface area contributed by atoms with Crippen molar-refractivity contribution in [1.29, 1.82) is 0 Å². The zero-order valence-electron chi connectivity index (χ0n) is 13.9. The number of ether oxygens (including phenoxy) is 2. The van der Waals surface area contributed by atoms with Gasteiger partial charge in [-0.25, -0.2) is 9.78 Å². The Labute approximate surface area is 141 Å². The molecule has 6 heteroatoms. The predicted octanol–water partition coefficient (Wildman–Crippen LogP) is 2.40. The van der Waals surface area contributed by atoms with Gasteiger partial charge >= 0.3 is 5.97 Å². The van der Waals surface area contributed by atoms with Crippen molar-refractivity contribution in [3.05, 3.63) is 48.2 Å². The molecular formula is C18H22N2O4. The van der Waals surface area contributed by atoms with Gasteiger partial charge in [-0.05, 0) is 7.05 Å². The maximum absolute atomic E-state index is 11.3. The number of nitrogens with zero attached hydrogens (tertiary/aromatic N) is 2. The smallest absolute Gasteiger partial charge is 0.354 e. The topological polar surface area (TPSA) is 71.9 Å². The summed E-state index contributed by atoms with van der Waals surface area (Å²) in [6, 6.07) is 12.6. The lowest BCUT2D eigenvalue weighted by molar-refractivity contribution is 0.0690. The van der Waals surface area contributed by atoms with Gasteiger partial charge in [0.15, 0.2) is 5.69 Å². The summed E-state index contributed by atoms with van der Waals surface area (Å²) in [7, 11) is 3.65. The van der Waals surface area contributed by atoms with Crippen molar-refractivity contribution in [1.82, 2.24) is 9.88 Å². The summed E-state index contributed by atoms with van der Waals surface area (Å²) < 4.78 is 10.8. The number of pyridine rings is 1. The van der Waals surface area contributed by atoms with Gasteiger partial charge in [0.05, 0.1) is 12.3 Å². The molecular weight excluding hydrogens is 308 g/mol. The van der Waals surface area contributed by atoms with Crippen molar-refractivity contribution < 1.29 is 19.4 Å². The second kappa shape index (κ2) is 9.00. The third-order valence-electron chi connectivity index (χ3n) is 3.51. The van der Waals surface area contributed by atoms with Crippen LogP contribution in [0.2, 0.25) is 0 Å². The predicted molar refractivity (Wildman–Crippen MR) is 91.5 cm³/mol. The molecule has 1 N–H and O–H groups in total. The summed E-state index contributed by atoms with van der Waals surface area (Å²) >= 11 is 0. The summed E-state index contributed by atoms with van der Waals surface area (Å²) in [4.78, 5) is 17.6. The first-order chi connectivity index (χ1) is 11.6. The minimum absolute atomic E-state index is 0.0286. The molecule has 0 unspecified atom stereocenters. The highest BCUT2D eigenvalue weighted by Crippen LogP contribution is 2.23. The van der Waals surface area contributed by atoms with Gasteiger partial charge < -0.3 is 19.5 Å². The largest absolute Gasteiger partial charge is 0.492 e. The molecule has 0 spiro atoms. The van der Waals surface area contributed by atoms with E-state index in [1.807, 2.05) is 37.4 Å². The summed E-state index contributed by atoms with van der Waals surface area (Å²) in [5.41, 5.74) is 1.40. The van der Waals surface area contributed by atoms with Crippen LogP contribution in [-0.4, -0.2) is 61.4 Å². The quantitative estimate of drug-likeness (QED) is 0.761. The minimum atomic E-state index is -1.07. The summed E-state index contributed by atoms with van der Waals surface area (Å²) in [6.45, 7) is 2.64. The molecule has 0 amide bonds. The molecule has 24 heavy (non-hydrogen) atoms. The standard InChI is InChI=1S/C18H22N2O4/c1-20(8-10-23-2)9-11-24-15-12-16(14-6-4-3-5-7-14)19-17(13-15)18(21)22/h3-7,12-13H,8-11H2,1-2H3,(H,21,22). The van der Waals surface area contributed by atoms with Crippen LogP contribution in [-0.2, 0) is 4.74 Å². The van der Waals surface area contributed by atoms with Crippen molar-refractivity contribution in [3.63, 3.8) is 0 Å². The highest BCUT2D eigenvalue weighted by molar-refractivity contribution is 5.86. The third kappa shape index (κ3) is 5.33. The Balaban J connectivity index is 2.09. The van der Waals surface area contributed by atoms with E-state index in [0.29, 0.717) is 24.7 Å². The van der Waals surface area contributed by atoms with Gasteiger partial charge in [-0.15, -0.1) is 0 Å². The Morgan fingerprint density at radius 3 is 2.54 bits per heavy atom. The number of benzene rings is 1. The van der Waals surface area contributed by atoms with Gasteiger partial charge in [0, 0.05) is 37.9 Å². The van der Waals surface area contributed by atoms with Gasteiger partial charge in [-0.3, -0.25) is 0 Å². The first kappa shape index (κ1) is 17.9. The average Bonchev–Trinajstić information content (AvgIpc) is 2.60. The third-order valence-corrected chi connectivity index (χ3v) is 3.51. The van der Waals surface area contributed by atoms with Crippen LogP contribution in [0.1, 0.15) is 10.5 Å². The van der Waals surface area contributed by atoms with Crippen LogP contribution in [0.3, 0.4) is 0 Å². The lowest BCUT2D eigenvalue weighted by Gasteiger charge is -2.16. The number of methoxy groups -OCH3 is 1. The second-order valence-corrected chi connectivity index (χ2v) is 5.39. The molecule has 2 aromatic rings. The number of rotatable bonds is 9. The average molecular weight is 330 g/mol. The lowest BCUT2D eigenvalue weighted by Crippen LogP contribution is -2.27. The first-order valence-corrected chi connectivity index (χ1v) is 7.71. The van der Waals surface area contributed by atoms with Crippen molar-refractivity contribution in [2.45, 2.75) is 0 Å². The lowest BCUT2D eigenvalue weighted by atomic mass is 10.1. The number of hydrogen-bond donors (Lipinski definition) is 1. The molecule has 0 bridgehead atoms. The second-order valence-electron chi connectivity index (χ2n) is 5.39. The van der Waals surface area contributed by atoms with Crippen molar-refractivity contribution >= 4 is 5.97 Å². The summed E-state index contributed by atoms with van der Waals surface area (Å²) in [5, 5.41) is 9.25. The van der Waals surface area contributed by atoms with E-state index >= 15 is 0 Å². The van der Waals surface area contributed by atoms with Crippen LogP contribution in [0.15, 0.2) is 42.5 Å². The molecule has 0 aliphatic rings. The van der Waals surface area contributed by atoms with Crippen molar-refractivity contribution in [2.24, 2.45) is 0 Å². The number of aromatic carboxylic acids is 1. The summed E-state index contributed by atoms with van der Waals surface area (Å²) in [6.07, 6.45) is 0. The highest BCUT2D eigenvalue weighted by Gasteiger charge is 2.11. The molecule has 0 saturated carbocycles. The fraction of sp³-hybridized carbons (Fsp3) is 0.333. The number of likely N-dealkylation sites (N-methyl/N-ethyl adjacent to an activating group) is 1. The Bertz CT molecular complexity index is 661. The minimum Gasteiger partial charge on any atom is -0.492 e. The maximum Gasteiger partial charge on any atom is 0.354 e. The Hall–Kier alpha value is -2.44. The molecule has 1 aromatic carbocycles. The van der Waals surface area contributed by atoms with Gasteiger partial charge in [0.2, 0.25) is 0 Å². The zero-order chi connectivity index (χ0) is 17.4. The summed E-state index contributed by atoms with van der Waals surface area (Å²) in [5.74, 6) is -0.573. The Kier molecular flexibility index (Phi) is 6.72. The normalized spacial score (nSPS) is 10.8. The Morgan fingerprint density at radius 2 is 1.88 bits per heavy atom. The van der Waals surface area contributed by atoms with Crippen LogP contribution in [0, 0.1) is 0 Å². The molecule has 0 aliphatic carbocycles. The van der Waals surface area contributed by atoms with Crippen LogP contribution >= 0.6 is 0 Å². The molecule has 6 nitrogen and oxygen atoms in total. The molecule has 1 heterocycles. The number of carboxylic acids is 1. The monoisotopic (exact) mass is 330 g/mol. The number of aromatic nitrogens is 1. The fourth-order valence-corrected chi connectivity index (χ4v) is 2.13. The molecule has 0 aliphatic heterocycles. The van der Waals surface area contributed by atoms with E-state index in [2.05, 4.69) is 9.88 Å². The molecule has 2 rings (SSSR count).